The normalized spacial score (nSPS) is 14.5. The molecule has 0 atom stereocenters. The van der Waals surface area contributed by atoms with Gasteiger partial charge in [-0.1, -0.05) is 35.5 Å². The summed E-state index contributed by atoms with van der Waals surface area (Å²) >= 11 is 0. The van der Waals surface area contributed by atoms with Crippen molar-refractivity contribution < 1.29 is 4.84 Å². The molecule has 0 spiro atoms. The number of nitrogens with zero attached hydrogens (tertiary/aromatic N) is 1. The Hall–Kier alpha value is -1.02. The van der Waals surface area contributed by atoms with Crippen molar-refractivity contribution in [1.29, 1.82) is 0 Å². The molecule has 0 unspecified atom stereocenters. The van der Waals surface area contributed by atoms with Crippen LogP contribution in [0, 0.1) is 0 Å². The summed E-state index contributed by atoms with van der Waals surface area (Å²) in [6, 6.07) is 10.1. The maximum Gasteiger partial charge on any atom is 0.122 e. The van der Waals surface area contributed by atoms with Gasteiger partial charge in [0, 0.05) is 6.42 Å². The first-order valence-corrected chi connectivity index (χ1v) is 3.71. The van der Waals surface area contributed by atoms with E-state index in [1.54, 1.807) is 0 Å². The minimum absolute atomic E-state index is 0. The fourth-order valence-corrected chi connectivity index (χ4v) is 1.14. The second kappa shape index (κ2) is 4.12. The summed E-state index contributed by atoms with van der Waals surface area (Å²) in [6.45, 7) is 0.726. The number of hydrogen-bond donors (Lipinski definition) is 0. The Morgan fingerprint density at radius 1 is 1.17 bits per heavy atom. The number of hydrogen-bond acceptors (Lipinski definition) is 2. The van der Waals surface area contributed by atoms with E-state index in [4.69, 9.17) is 4.84 Å². The van der Waals surface area contributed by atoms with E-state index in [2.05, 4.69) is 5.16 Å². The van der Waals surface area contributed by atoms with Gasteiger partial charge < -0.3 is 4.84 Å². The highest BCUT2D eigenvalue weighted by molar-refractivity contribution is 6.00. The molecule has 0 saturated heterocycles. The molecule has 3 heteroatoms. The van der Waals surface area contributed by atoms with E-state index in [9.17, 15) is 0 Å². The SMILES string of the molecule is Cl.c1ccc(C2=NOCC2)cc1. The van der Waals surface area contributed by atoms with Crippen molar-refractivity contribution in [2.45, 2.75) is 6.42 Å². The van der Waals surface area contributed by atoms with E-state index in [0.29, 0.717) is 0 Å². The third-order valence-corrected chi connectivity index (χ3v) is 1.71. The molecule has 1 aliphatic heterocycles. The highest BCUT2D eigenvalue weighted by Crippen LogP contribution is 2.09. The van der Waals surface area contributed by atoms with Gasteiger partial charge in [0.2, 0.25) is 0 Å². The van der Waals surface area contributed by atoms with Gasteiger partial charge in [0.05, 0.1) is 5.71 Å². The van der Waals surface area contributed by atoms with Crippen molar-refractivity contribution in [3.8, 4) is 0 Å². The zero-order chi connectivity index (χ0) is 7.52. The molecule has 0 aromatic heterocycles. The fraction of sp³-hybridized carbons (Fsp3) is 0.222. The second-order valence-electron chi connectivity index (χ2n) is 2.49. The largest absolute Gasteiger partial charge is 0.395 e. The zero-order valence-corrected chi connectivity index (χ0v) is 7.38. The van der Waals surface area contributed by atoms with E-state index < -0.39 is 0 Å². The van der Waals surface area contributed by atoms with Crippen LogP contribution in [0.3, 0.4) is 0 Å². The summed E-state index contributed by atoms with van der Waals surface area (Å²) in [4.78, 5) is 4.90. The summed E-state index contributed by atoms with van der Waals surface area (Å²) in [6.07, 6.45) is 0.935. The third-order valence-electron chi connectivity index (χ3n) is 1.71. The van der Waals surface area contributed by atoms with Crippen LogP contribution in [0.4, 0.5) is 0 Å². The minimum atomic E-state index is 0. The molecule has 64 valence electrons. The maximum atomic E-state index is 4.90. The van der Waals surface area contributed by atoms with Crippen LogP contribution in [0.5, 0.6) is 0 Å². The van der Waals surface area contributed by atoms with Crippen LogP contribution >= 0.6 is 12.4 Å². The first-order chi connectivity index (χ1) is 5.47. The van der Waals surface area contributed by atoms with Crippen LogP contribution < -0.4 is 0 Å². The molecule has 0 radical (unpaired) electrons. The van der Waals surface area contributed by atoms with Crippen LogP contribution in [0.25, 0.3) is 0 Å². The van der Waals surface area contributed by atoms with Gasteiger partial charge >= 0.3 is 0 Å². The molecule has 0 fully saturated rings. The Bertz CT molecular complexity index is 271. The summed E-state index contributed by atoms with van der Waals surface area (Å²) in [7, 11) is 0. The minimum Gasteiger partial charge on any atom is -0.395 e. The molecular formula is C9H10ClNO. The van der Waals surface area contributed by atoms with Crippen LogP contribution in [0.1, 0.15) is 12.0 Å². The van der Waals surface area contributed by atoms with Crippen LogP contribution in [-0.4, -0.2) is 12.3 Å². The molecule has 0 N–H and O–H groups in total. The number of halogens is 1. The molecule has 1 aliphatic rings. The molecule has 1 aromatic rings. The Morgan fingerprint density at radius 2 is 1.92 bits per heavy atom. The number of rotatable bonds is 1. The van der Waals surface area contributed by atoms with Gasteiger partial charge in [-0.15, -0.1) is 12.4 Å². The fourth-order valence-electron chi connectivity index (χ4n) is 1.14. The predicted molar refractivity (Wildman–Crippen MR) is 50.8 cm³/mol. The lowest BCUT2D eigenvalue weighted by Crippen LogP contribution is -1.95. The lowest BCUT2D eigenvalue weighted by atomic mass is 10.1. The summed E-state index contributed by atoms with van der Waals surface area (Å²) in [5.41, 5.74) is 2.23. The number of oxime groups is 1. The van der Waals surface area contributed by atoms with Crippen molar-refractivity contribution in [3.05, 3.63) is 35.9 Å². The average Bonchev–Trinajstić information content (AvgIpc) is 2.58. The van der Waals surface area contributed by atoms with Gasteiger partial charge in [-0.3, -0.25) is 0 Å². The topological polar surface area (TPSA) is 21.6 Å². The van der Waals surface area contributed by atoms with Crippen molar-refractivity contribution >= 4 is 18.1 Å². The Balaban J connectivity index is 0.000000720. The van der Waals surface area contributed by atoms with E-state index in [1.807, 2.05) is 30.3 Å². The summed E-state index contributed by atoms with van der Waals surface area (Å²) in [5, 5.41) is 3.92. The molecule has 0 amide bonds. The second-order valence-corrected chi connectivity index (χ2v) is 2.49. The lowest BCUT2D eigenvalue weighted by molar-refractivity contribution is 0.174. The first kappa shape index (κ1) is 9.07. The standard InChI is InChI=1S/C9H9NO.ClH/c1-2-4-8(5-3-1)9-6-7-11-10-9;/h1-5H,6-7H2;1H. The lowest BCUT2D eigenvalue weighted by Gasteiger charge is -1.94. The summed E-state index contributed by atoms with van der Waals surface area (Å²) in [5.74, 6) is 0. The first-order valence-electron chi connectivity index (χ1n) is 3.71. The van der Waals surface area contributed by atoms with Gasteiger partial charge in [-0.2, -0.15) is 0 Å². The predicted octanol–water partition coefficient (Wildman–Crippen LogP) is 2.23. The quantitative estimate of drug-likeness (QED) is 0.655. The van der Waals surface area contributed by atoms with Crippen LogP contribution in [-0.2, 0) is 4.84 Å². The molecule has 2 nitrogen and oxygen atoms in total. The van der Waals surface area contributed by atoms with Crippen LogP contribution in [0.2, 0.25) is 0 Å². The molecule has 0 aliphatic carbocycles. The molecule has 2 rings (SSSR count). The monoisotopic (exact) mass is 183 g/mol. The molecule has 1 aromatic carbocycles. The molecule has 0 saturated carbocycles. The zero-order valence-electron chi connectivity index (χ0n) is 6.56. The summed E-state index contributed by atoms with van der Waals surface area (Å²) < 4.78 is 0. The van der Waals surface area contributed by atoms with Crippen molar-refractivity contribution in [2.24, 2.45) is 5.16 Å². The third kappa shape index (κ3) is 1.77. The highest BCUT2D eigenvalue weighted by atomic mass is 35.5. The smallest absolute Gasteiger partial charge is 0.122 e. The van der Waals surface area contributed by atoms with Gasteiger partial charge in [0.15, 0.2) is 0 Å². The molecule has 1 heterocycles. The van der Waals surface area contributed by atoms with Gasteiger partial charge in [-0.25, -0.2) is 0 Å². The highest BCUT2D eigenvalue weighted by Gasteiger charge is 2.08. The van der Waals surface area contributed by atoms with Gasteiger partial charge in [-0.05, 0) is 5.56 Å². The molecule has 0 bridgehead atoms. The van der Waals surface area contributed by atoms with Crippen LogP contribution in [0.15, 0.2) is 35.5 Å². The van der Waals surface area contributed by atoms with Gasteiger partial charge in [0.25, 0.3) is 0 Å². The Labute approximate surface area is 77.6 Å². The Kier molecular flexibility index (Phi) is 3.11. The van der Waals surface area contributed by atoms with Crippen molar-refractivity contribution in [3.63, 3.8) is 0 Å². The maximum absolute atomic E-state index is 4.90. The number of benzene rings is 1. The molecular weight excluding hydrogens is 174 g/mol. The molecule has 12 heavy (non-hydrogen) atoms. The van der Waals surface area contributed by atoms with E-state index >= 15 is 0 Å². The van der Waals surface area contributed by atoms with Gasteiger partial charge in [0.1, 0.15) is 6.61 Å². The van der Waals surface area contributed by atoms with E-state index in [0.717, 1.165) is 18.7 Å². The van der Waals surface area contributed by atoms with Crippen molar-refractivity contribution in [2.75, 3.05) is 6.61 Å². The van der Waals surface area contributed by atoms with E-state index in [-0.39, 0.29) is 12.4 Å². The Morgan fingerprint density at radius 3 is 2.50 bits per heavy atom. The van der Waals surface area contributed by atoms with Crippen molar-refractivity contribution in [1.82, 2.24) is 0 Å². The van der Waals surface area contributed by atoms with E-state index in [1.165, 1.54) is 5.56 Å². The average molecular weight is 184 g/mol.